The largest absolute Gasteiger partial charge is 0.393 e. The van der Waals surface area contributed by atoms with Gasteiger partial charge in [0.05, 0.1) is 11.3 Å². The maximum atomic E-state index is 12.0. The highest BCUT2D eigenvalue weighted by molar-refractivity contribution is 8.00. The van der Waals surface area contributed by atoms with E-state index in [-0.39, 0.29) is 10.7 Å². The van der Waals surface area contributed by atoms with E-state index in [4.69, 9.17) is 5.73 Å². The molecule has 2 N–H and O–H groups in total. The SMILES string of the molecule is CSc1nc(N)c(CC(F)(F)F)s1. The number of hydrogen-bond acceptors (Lipinski definition) is 4. The van der Waals surface area contributed by atoms with Crippen LogP contribution in [0.15, 0.2) is 4.34 Å². The second-order valence-electron chi connectivity index (χ2n) is 2.28. The lowest BCUT2D eigenvalue weighted by Crippen LogP contribution is -2.11. The zero-order chi connectivity index (χ0) is 10.1. The van der Waals surface area contributed by atoms with E-state index < -0.39 is 12.6 Å². The van der Waals surface area contributed by atoms with Crippen LogP contribution >= 0.6 is 23.1 Å². The molecule has 0 aliphatic carbocycles. The number of aromatic nitrogens is 1. The van der Waals surface area contributed by atoms with E-state index in [0.717, 1.165) is 11.3 Å². The minimum absolute atomic E-state index is 0.00771. The average Bonchev–Trinajstić information content (AvgIpc) is 2.29. The highest BCUT2D eigenvalue weighted by Crippen LogP contribution is 2.32. The Morgan fingerprint density at radius 3 is 2.54 bits per heavy atom. The molecule has 0 aliphatic rings. The van der Waals surface area contributed by atoms with Crippen LogP contribution in [0.3, 0.4) is 0 Å². The molecule has 1 rings (SSSR count). The van der Waals surface area contributed by atoms with Gasteiger partial charge in [0.25, 0.3) is 0 Å². The van der Waals surface area contributed by atoms with Crippen LogP contribution in [0, 0.1) is 0 Å². The Hall–Kier alpha value is -0.430. The van der Waals surface area contributed by atoms with Gasteiger partial charge in [-0.1, -0.05) is 11.8 Å². The standard InChI is InChI=1S/C6H7F3N2S2/c1-12-5-11-4(10)3(13-5)2-6(7,8)9/h2,10H2,1H3. The molecule has 0 amide bonds. The monoisotopic (exact) mass is 228 g/mol. The van der Waals surface area contributed by atoms with Crippen molar-refractivity contribution >= 4 is 28.9 Å². The summed E-state index contributed by atoms with van der Waals surface area (Å²) in [7, 11) is 0. The van der Waals surface area contributed by atoms with Crippen molar-refractivity contribution in [2.24, 2.45) is 0 Å². The molecular formula is C6H7F3N2S2. The minimum atomic E-state index is -4.21. The van der Waals surface area contributed by atoms with Gasteiger partial charge in [-0.05, 0) is 6.26 Å². The maximum absolute atomic E-state index is 12.0. The van der Waals surface area contributed by atoms with Gasteiger partial charge >= 0.3 is 6.18 Å². The van der Waals surface area contributed by atoms with E-state index >= 15 is 0 Å². The summed E-state index contributed by atoms with van der Waals surface area (Å²) < 4.78 is 36.4. The van der Waals surface area contributed by atoms with E-state index in [9.17, 15) is 13.2 Å². The van der Waals surface area contributed by atoms with Gasteiger partial charge in [0.15, 0.2) is 4.34 Å². The number of nitrogen functional groups attached to an aromatic ring is 1. The summed E-state index contributed by atoms with van der Waals surface area (Å²) in [5, 5.41) is 0. The molecule has 0 radical (unpaired) electrons. The molecule has 0 unspecified atom stereocenters. The number of thiazole rings is 1. The molecule has 74 valence electrons. The molecule has 0 spiro atoms. The van der Waals surface area contributed by atoms with Gasteiger partial charge in [-0.2, -0.15) is 13.2 Å². The van der Waals surface area contributed by atoms with E-state index in [0.29, 0.717) is 4.34 Å². The Morgan fingerprint density at radius 1 is 1.54 bits per heavy atom. The van der Waals surface area contributed by atoms with Crippen LogP contribution in [0.4, 0.5) is 19.0 Å². The minimum Gasteiger partial charge on any atom is -0.383 e. The molecular weight excluding hydrogens is 221 g/mol. The second-order valence-corrected chi connectivity index (χ2v) is 4.42. The first-order valence-corrected chi connectivity index (χ1v) is 5.32. The number of rotatable bonds is 2. The van der Waals surface area contributed by atoms with Gasteiger partial charge < -0.3 is 5.73 Å². The summed E-state index contributed by atoms with van der Waals surface area (Å²) in [4.78, 5) is 3.87. The third-order valence-corrected chi connectivity index (χ3v) is 3.30. The molecule has 1 aromatic rings. The lowest BCUT2D eigenvalue weighted by molar-refractivity contribution is -0.126. The Bertz CT molecular complexity index is 295. The predicted molar refractivity (Wildman–Crippen MR) is 48.1 cm³/mol. The first-order valence-electron chi connectivity index (χ1n) is 3.28. The number of nitrogens with two attached hydrogens (primary N) is 1. The van der Waals surface area contributed by atoms with Crippen LogP contribution in [0.2, 0.25) is 0 Å². The molecule has 0 bridgehead atoms. The van der Waals surface area contributed by atoms with Gasteiger partial charge in [0, 0.05) is 0 Å². The van der Waals surface area contributed by atoms with Crippen molar-refractivity contribution < 1.29 is 13.2 Å². The first kappa shape index (κ1) is 10.6. The van der Waals surface area contributed by atoms with Crippen LogP contribution in [0.1, 0.15) is 4.88 Å². The molecule has 0 fully saturated rings. The maximum Gasteiger partial charge on any atom is 0.393 e. The van der Waals surface area contributed by atoms with Crippen molar-refractivity contribution in [2.75, 3.05) is 12.0 Å². The van der Waals surface area contributed by atoms with Crippen molar-refractivity contribution in [3.63, 3.8) is 0 Å². The number of nitrogens with zero attached hydrogens (tertiary/aromatic N) is 1. The fourth-order valence-electron chi connectivity index (χ4n) is 0.737. The molecule has 1 aromatic heterocycles. The second kappa shape index (κ2) is 3.75. The molecule has 0 aliphatic heterocycles. The topological polar surface area (TPSA) is 38.9 Å². The lowest BCUT2D eigenvalue weighted by atomic mass is 10.3. The third kappa shape index (κ3) is 3.07. The van der Waals surface area contributed by atoms with E-state index in [2.05, 4.69) is 4.98 Å². The summed E-state index contributed by atoms with van der Waals surface area (Å²) in [6, 6.07) is 0. The Morgan fingerprint density at radius 2 is 2.15 bits per heavy atom. The van der Waals surface area contributed by atoms with Gasteiger partial charge in [0.2, 0.25) is 0 Å². The highest BCUT2D eigenvalue weighted by Gasteiger charge is 2.30. The molecule has 13 heavy (non-hydrogen) atoms. The molecule has 1 heterocycles. The van der Waals surface area contributed by atoms with Gasteiger partial charge in [-0.25, -0.2) is 4.98 Å². The quantitative estimate of drug-likeness (QED) is 0.791. The number of thioether (sulfide) groups is 1. The summed E-state index contributed by atoms with van der Waals surface area (Å²) in [5.41, 5.74) is 5.31. The fraction of sp³-hybridized carbons (Fsp3) is 0.500. The Kier molecular flexibility index (Phi) is 3.07. The van der Waals surface area contributed by atoms with E-state index in [1.807, 2.05) is 0 Å². The third-order valence-electron chi connectivity index (χ3n) is 1.24. The zero-order valence-electron chi connectivity index (χ0n) is 6.68. The van der Waals surface area contributed by atoms with Crippen molar-refractivity contribution in [3.8, 4) is 0 Å². The Labute approximate surface area is 81.3 Å². The van der Waals surface area contributed by atoms with Crippen molar-refractivity contribution in [1.82, 2.24) is 4.98 Å². The van der Waals surface area contributed by atoms with Crippen LogP contribution in [0.25, 0.3) is 0 Å². The van der Waals surface area contributed by atoms with Gasteiger partial charge in [-0.3, -0.25) is 0 Å². The summed E-state index contributed by atoms with van der Waals surface area (Å²) >= 11 is 2.28. The van der Waals surface area contributed by atoms with Crippen LogP contribution in [-0.2, 0) is 6.42 Å². The van der Waals surface area contributed by atoms with Crippen LogP contribution < -0.4 is 5.73 Å². The Balaban J connectivity index is 2.83. The molecule has 0 atom stereocenters. The normalized spacial score (nSPS) is 12.0. The summed E-state index contributed by atoms with van der Waals surface area (Å²) in [6.07, 6.45) is -3.46. The fourth-order valence-corrected chi connectivity index (χ4v) is 2.30. The van der Waals surface area contributed by atoms with E-state index in [1.54, 1.807) is 6.26 Å². The molecule has 0 saturated carbocycles. The van der Waals surface area contributed by atoms with Crippen molar-refractivity contribution in [2.45, 2.75) is 16.9 Å². The van der Waals surface area contributed by atoms with Crippen molar-refractivity contribution in [3.05, 3.63) is 4.88 Å². The van der Waals surface area contributed by atoms with Gasteiger partial charge in [-0.15, -0.1) is 11.3 Å². The number of anilines is 1. The molecule has 2 nitrogen and oxygen atoms in total. The van der Waals surface area contributed by atoms with E-state index in [1.165, 1.54) is 11.8 Å². The zero-order valence-corrected chi connectivity index (χ0v) is 8.32. The average molecular weight is 228 g/mol. The van der Waals surface area contributed by atoms with Gasteiger partial charge in [0.1, 0.15) is 5.82 Å². The lowest BCUT2D eigenvalue weighted by Gasteiger charge is -2.02. The van der Waals surface area contributed by atoms with Crippen molar-refractivity contribution in [1.29, 1.82) is 0 Å². The number of alkyl halides is 3. The first-order chi connectivity index (χ1) is 5.92. The number of hydrogen-bond donors (Lipinski definition) is 1. The number of halogens is 3. The molecule has 0 saturated heterocycles. The van der Waals surface area contributed by atoms with Crippen LogP contribution in [0.5, 0.6) is 0 Å². The smallest absolute Gasteiger partial charge is 0.383 e. The van der Waals surface area contributed by atoms with Crippen LogP contribution in [-0.4, -0.2) is 17.4 Å². The summed E-state index contributed by atoms with van der Waals surface area (Å²) in [6.45, 7) is 0. The molecule has 7 heteroatoms. The molecule has 0 aromatic carbocycles. The predicted octanol–water partition coefficient (Wildman–Crippen LogP) is 2.55. The highest BCUT2D eigenvalue weighted by atomic mass is 32.2. The summed E-state index contributed by atoms with van der Waals surface area (Å²) in [5.74, 6) is -0.00771.